The van der Waals surface area contributed by atoms with E-state index in [0.29, 0.717) is 6.61 Å². The highest BCUT2D eigenvalue weighted by molar-refractivity contribution is 5.15. The van der Waals surface area contributed by atoms with Crippen LogP contribution in [0.2, 0.25) is 0 Å². The molecule has 1 spiro atoms. The lowest BCUT2D eigenvalue weighted by Crippen LogP contribution is -2.62. The van der Waals surface area contributed by atoms with Gasteiger partial charge in [-0.05, 0) is 32.3 Å². The lowest BCUT2D eigenvalue weighted by Gasteiger charge is -2.56. The van der Waals surface area contributed by atoms with Crippen molar-refractivity contribution in [3.05, 3.63) is 48.0 Å². The summed E-state index contributed by atoms with van der Waals surface area (Å²) in [7, 11) is 0. The molecule has 0 amide bonds. The van der Waals surface area contributed by atoms with Gasteiger partial charge >= 0.3 is 0 Å². The zero-order chi connectivity index (χ0) is 18.0. The molecule has 2 fully saturated rings. The molecule has 3 heteroatoms. The van der Waals surface area contributed by atoms with Crippen LogP contribution in [0.25, 0.3) is 0 Å². The molecule has 1 aliphatic heterocycles. The fraction of sp³-hybridized carbons (Fsp3) is 0.636. The maximum atomic E-state index is 6.42. The van der Waals surface area contributed by atoms with Crippen molar-refractivity contribution in [2.75, 3.05) is 13.2 Å². The molecule has 1 aromatic carbocycles. The van der Waals surface area contributed by atoms with Crippen molar-refractivity contribution in [3.8, 4) is 0 Å². The molecule has 3 rings (SSSR count). The lowest BCUT2D eigenvalue weighted by atomic mass is 9.67. The number of hydrogen-bond acceptors (Lipinski definition) is 3. The molecule has 1 aromatic rings. The highest BCUT2D eigenvalue weighted by Gasteiger charge is 2.58. The fourth-order valence-corrected chi connectivity index (χ4v) is 4.11. The first-order valence-electron chi connectivity index (χ1n) is 9.48. The van der Waals surface area contributed by atoms with Crippen LogP contribution in [-0.2, 0) is 20.8 Å². The minimum absolute atomic E-state index is 0.0694. The molecule has 2 aliphatic rings. The zero-order valence-electron chi connectivity index (χ0n) is 16.1. The van der Waals surface area contributed by atoms with Crippen LogP contribution in [0, 0.1) is 10.8 Å². The van der Waals surface area contributed by atoms with E-state index in [4.69, 9.17) is 14.2 Å². The number of allylic oxidation sites excluding steroid dienone is 1. The molecule has 3 nitrogen and oxygen atoms in total. The summed E-state index contributed by atoms with van der Waals surface area (Å²) >= 11 is 0. The van der Waals surface area contributed by atoms with E-state index in [1.807, 2.05) is 6.07 Å². The smallest absolute Gasteiger partial charge is 0.179 e. The third-order valence-electron chi connectivity index (χ3n) is 5.66. The number of ether oxygens (including phenoxy) is 3. The van der Waals surface area contributed by atoms with E-state index in [-0.39, 0.29) is 16.9 Å². The Bertz CT molecular complexity index is 583. The largest absolute Gasteiger partial charge is 0.372 e. The second kappa shape index (κ2) is 7.22. The SMILES string of the molecule is C/C=C/[C@@]1(C)[C@H](OCc2ccccc2)CCCC12OCC(C)(C)CO2. The van der Waals surface area contributed by atoms with Crippen molar-refractivity contribution < 1.29 is 14.2 Å². The van der Waals surface area contributed by atoms with Gasteiger partial charge in [0, 0.05) is 11.8 Å². The predicted octanol–water partition coefficient (Wildman–Crippen LogP) is 5.11. The van der Waals surface area contributed by atoms with E-state index in [1.54, 1.807) is 0 Å². The average molecular weight is 344 g/mol. The van der Waals surface area contributed by atoms with Crippen molar-refractivity contribution >= 4 is 0 Å². The van der Waals surface area contributed by atoms with E-state index in [9.17, 15) is 0 Å². The molecule has 138 valence electrons. The highest BCUT2D eigenvalue weighted by atomic mass is 16.7. The second-order valence-corrected chi connectivity index (χ2v) is 8.45. The van der Waals surface area contributed by atoms with Crippen LogP contribution in [0.4, 0.5) is 0 Å². The Hall–Kier alpha value is -1.16. The molecular formula is C22H32O3. The Morgan fingerprint density at radius 3 is 2.44 bits per heavy atom. The highest BCUT2D eigenvalue weighted by Crippen LogP contribution is 2.52. The molecule has 0 unspecified atom stereocenters. The Labute approximate surface area is 152 Å². The molecule has 1 saturated heterocycles. The number of benzene rings is 1. The van der Waals surface area contributed by atoms with Gasteiger partial charge < -0.3 is 14.2 Å². The summed E-state index contributed by atoms with van der Waals surface area (Å²) in [6.45, 7) is 10.8. The summed E-state index contributed by atoms with van der Waals surface area (Å²) in [5.74, 6) is -0.575. The summed E-state index contributed by atoms with van der Waals surface area (Å²) < 4.78 is 19.2. The molecule has 0 aromatic heterocycles. The molecule has 2 atom stereocenters. The van der Waals surface area contributed by atoms with Gasteiger partial charge in [-0.15, -0.1) is 0 Å². The third kappa shape index (κ3) is 3.69. The molecule has 1 saturated carbocycles. The zero-order valence-corrected chi connectivity index (χ0v) is 16.1. The van der Waals surface area contributed by atoms with E-state index in [2.05, 4.69) is 64.1 Å². The number of rotatable bonds is 4. The summed E-state index contributed by atoms with van der Waals surface area (Å²) in [5.41, 5.74) is 0.988. The van der Waals surface area contributed by atoms with E-state index in [0.717, 1.165) is 32.5 Å². The normalized spacial score (nSPS) is 31.4. The van der Waals surface area contributed by atoms with Crippen LogP contribution >= 0.6 is 0 Å². The summed E-state index contributed by atoms with van der Waals surface area (Å²) in [6.07, 6.45) is 7.45. The van der Waals surface area contributed by atoms with Gasteiger partial charge in [0.2, 0.25) is 0 Å². The molecule has 0 bridgehead atoms. The Balaban J connectivity index is 1.80. The van der Waals surface area contributed by atoms with Crippen LogP contribution in [-0.4, -0.2) is 25.1 Å². The van der Waals surface area contributed by atoms with Crippen LogP contribution in [0.5, 0.6) is 0 Å². The third-order valence-corrected chi connectivity index (χ3v) is 5.66. The van der Waals surface area contributed by atoms with Gasteiger partial charge in [0.25, 0.3) is 0 Å². The topological polar surface area (TPSA) is 27.7 Å². The van der Waals surface area contributed by atoms with Crippen molar-refractivity contribution in [1.82, 2.24) is 0 Å². The van der Waals surface area contributed by atoms with Crippen molar-refractivity contribution in [2.45, 2.75) is 65.5 Å². The molecule has 25 heavy (non-hydrogen) atoms. The lowest BCUT2D eigenvalue weighted by molar-refractivity contribution is -0.363. The van der Waals surface area contributed by atoms with Gasteiger partial charge in [-0.25, -0.2) is 0 Å². The molecule has 0 radical (unpaired) electrons. The fourth-order valence-electron chi connectivity index (χ4n) is 4.11. The molecule has 0 N–H and O–H groups in total. The van der Waals surface area contributed by atoms with E-state index < -0.39 is 5.79 Å². The number of hydrogen-bond donors (Lipinski definition) is 0. The first kappa shape index (κ1) is 18.6. The van der Waals surface area contributed by atoms with Crippen molar-refractivity contribution in [1.29, 1.82) is 0 Å². The Morgan fingerprint density at radius 1 is 1.12 bits per heavy atom. The predicted molar refractivity (Wildman–Crippen MR) is 100 cm³/mol. The van der Waals surface area contributed by atoms with Crippen molar-refractivity contribution in [2.24, 2.45) is 10.8 Å². The van der Waals surface area contributed by atoms with Gasteiger partial charge in [0.05, 0.1) is 31.3 Å². The first-order valence-corrected chi connectivity index (χ1v) is 9.48. The van der Waals surface area contributed by atoms with E-state index in [1.165, 1.54) is 5.56 Å². The summed E-state index contributed by atoms with van der Waals surface area (Å²) in [4.78, 5) is 0. The van der Waals surface area contributed by atoms with Gasteiger partial charge in [0.1, 0.15) is 0 Å². The maximum absolute atomic E-state index is 6.42. The minimum atomic E-state index is -0.575. The second-order valence-electron chi connectivity index (χ2n) is 8.45. The Morgan fingerprint density at radius 2 is 1.80 bits per heavy atom. The average Bonchev–Trinajstić information content (AvgIpc) is 2.60. The van der Waals surface area contributed by atoms with Crippen LogP contribution in [0.1, 0.15) is 52.5 Å². The molecule has 1 aliphatic carbocycles. The van der Waals surface area contributed by atoms with E-state index >= 15 is 0 Å². The first-order chi connectivity index (χ1) is 11.9. The standard InChI is InChI=1S/C22H32O3/c1-5-13-21(4)19(23-15-18-10-7-6-8-11-18)12-9-14-22(21)24-16-20(2,3)17-25-22/h5-8,10-11,13,19H,9,12,14-17H2,1-4H3/b13-5+/t19-,21+/m1/s1. The van der Waals surface area contributed by atoms with Gasteiger partial charge in [-0.1, -0.05) is 56.3 Å². The van der Waals surface area contributed by atoms with Gasteiger partial charge in [0.15, 0.2) is 5.79 Å². The van der Waals surface area contributed by atoms with Crippen LogP contribution < -0.4 is 0 Å². The van der Waals surface area contributed by atoms with Crippen molar-refractivity contribution in [3.63, 3.8) is 0 Å². The van der Waals surface area contributed by atoms with Crippen LogP contribution in [0.15, 0.2) is 42.5 Å². The molecule has 1 heterocycles. The van der Waals surface area contributed by atoms with Gasteiger partial charge in [-0.2, -0.15) is 0 Å². The Kier molecular flexibility index (Phi) is 5.38. The maximum Gasteiger partial charge on any atom is 0.179 e. The van der Waals surface area contributed by atoms with Crippen LogP contribution in [0.3, 0.4) is 0 Å². The monoisotopic (exact) mass is 344 g/mol. The minimum Gasteiger partial charge on any atom is -0.372 e. The summed E-state index contributed by atoms with van der Waals surface area (Å²) in [5, 5.41) is 0. The summed E-state index contributed by atoms with van der Waals surface area (Å²) in [6, 6.07) is 10.4. The molecular weight excluding hydrogens is 312 g/mol. The quantitative estimate of drug-likeness (QED) is 0.711. The van der Waals surface area contributed by atoms with Gasteiger partial charge in [-0.3, -0.25) is 0 Å².